The summed E-state index contributed by atoms with van der Waals surface area (Å²) >= 11 is 0. The van der Waals surface area contributed by atoms with Gasteiger partial charge < -0.3 is 15.7 Å². The van der Waals surface area contributed by atoms with Crippen molar-refractivity contribution in [2.24, 2.45) is 11.8 Å². The van der Waals surface area contributed by atoms with E-state index in [0.717, 1.165) is 12.3 Å². The van der Waals surface area contributed by atoms with Crippen molar-refractivity contribution < 1.29 is 14.7 Å². The van der Waals surface area contributed by atoms with Gasteiger partial charge in [-0.2, -0.15) is 0 Å². The van der Waals surface area contributed by atoms with E-state index < -0.39 is 12.0 Å². The van der Waals surface area contributed by atoms with E-state index in [1.165, 1.54) is 32.1 Å². The van der Waals surface area contributed by atoms with Gasteiger partial charge in [0, 0.05) is 6.54 Å². The van der Waals surface area contributed by atoms with Gasteiger partial charge in [0.05, 0.1) is 12.5 Å². The SMILES string of the molecule is CC1CCCCC1.CCNC(=O)[C@H](CC(=O)O)NCCC(C)C. The number of amides is 1. The van der Waals surface area contributed by atoms with Crippen LogP contribution in [0.2, 0.25) is 0 Å². The second-order valence-corrected chi connectivity index (χ2v) is 6.92. The smallest absolute Gasteiger partial charge is 0.305 e. The quantitative estimate of drug-likeness (QED) is 0.639. The monoisotopic (exact) mass is 328 g/mol. The molecule has 1 aliphatic carbocycles. The molecule has 0 aromatic carbocycles. The number of hydrogen-bond donors (Lipinski definition) is 3. The van der Waals surface area contributed by atoms with Crippen LogP contribution in [-0.4, -0.2) is 36.1 Å². The molecule has 0 bridgehead atoms. The summed E-state index contributed by atoms with van der Waals surface area (Å²) < 4.78 is 0. The van der Waals surface area contributed by atoms with Crippen molar-refractivity contribution >= 4 is 11.9 Å². The van der Waals surface area contributed by atoms with Crippen LogP contribution >= 0.6 is 0 Å². The molecule has 0 spiro atoms. The average Bonchev–Trinajstić information content (AvgIpc) is 2.47. The van der Waals surface area contributed by atoms with Gasteiger partial charge in [0.15, 0.2) is 0 Å². The van der Waals surface area contributed by atoms with Crippen molar-refractivity contribution in [2.75, 3.05) is 13.1 Å². The third-order valence-corrected chi connectivity index (χ3v) is 4.05. The fourth-order valence-electron chi connectivity index (χ4n) is 2.58. The molecule has 0 aromatic rings. The first kappa shape index (κ1) is 21.9. The van der Waals surface area contributed by atoms with E-state index >= 15 is 0 Å². The molecule has 1 aliphatic rings. The van der Waals surface area contributed by atoms with Crippen LogP contribution in [0.5, 0.6) is 0 Å². The van der Waals surface area contributed by atoms with Crippen molar-refractivity contribution in [2.45, 2.75) is 78.7 Å². The van der Waals surface area contributed by atoms with Crippen molar-refractivity contribution in [3.63, 3.8) is 0 Å². The first-order valence-corrected chi connectivity index (χ1v) is 9.09. The molecule has 1 fully saturated rings. The number of carbonyl (C=O) groups excluding carboxylic acids is 1. The average molecular weight is 328 g/mol. The van der Waals surface area contributed by atoms with Gasteiger partial charge in [0.1, 0.15) is 0 Å². The molecule has 0 aliphatic heterocycles. The Balaban J connectivity index is 0.000000568. The highest BCUT2D eigenvalue weighted by molar-refractivity contribution is 5.86. The number of carboxylic acid groups (broad SMARTS) is 1. The molecule has 0 saturated heterocycles. The van der Waals surface area contributed by atoms with E-state index in [-0.39, 0.29) is 12.3 Å². The molecule has 23 heavy (non-hydrogen) atoms. The van der Waals surface area contributed by atoms with Gasteiger partial charge in [-0.25, -0.2) is 0 Å². The Bertz CT molecular complexity index is 326. The molecule has 0 radical (unpaired) electrons. The summed E-state index contributed by atoms with van der Waals surface area (Å²) in [5, 5.41) is 14.3. The van der Waals surface area contributed by atoms with Crippen LogP contribution in [0.4, 0.5) is 0 Å². The number of likely N-dealkylation sites (N-methyl/N-ethyl adjacent to an activating group) is 1. The van der Waals surface area contributed by atoms with Gasteiger partial charge in [0.2, 0.25) is 5.91 Å². The molecule has 1 saturated carbocycles. The van der Waals surface area contributed by atoms with Crippen molar-refractivity contribution in [3.8, 4) is 0 Å². The maximum absolute atomic E-state index is 11.5. The Hall–Kier alpha value is -1.10. The van der Waals surface area contributed by atoms with Crippen LogP contribution in [-0.2, 0) is 9.59 Å². The number of nitrogens with one attached hydrogen (secondary N) is 2. The van der Waals surface area contributed by atoms with Gasteiger partial charge >= 0.3 is 5.97 Å². The summed E-state index contributed by atoms with van der Waals surface area (Å²) in [6.45, 7) is 9.51. The minimum atomic E-state index is -0.965. The molecule has 1 amide bonds. The van der Waals surface area contributed by atoms with Crippen LogP contribution in [0.15, 0.2) is 0 Å². The lowest BCUT2D eigenvalue weighted by Gasteiger charge is -2.16. The lowest BCUT2D eigenvalue weighted by Crippen LogP contribution is -2.45. The number of aliphatic carboxylic acids is 1. The lowest BCUT2D eigenvalue weighted by atomic mass is 9.91. The Morgan fingerprint density at radius 1 is 1.17 bits per heavy atom. The maximum atomic E-state index is 11.5. The fourth-order valence-corrected chi connectivity index (χ4v) is 2.58. The Kier molecular flexibility index (Phi) is 12.7. The summed E-state index contributed by atoms with van der Waals surface area (Å²) in [7, 11) is 0. The fraction of sp³-hybridized carbons (Fsp3) is 0.889. The minimum absolute atomic E-state index is 0.177. The summed E-state index contributed by atoms with van der Waals surface area (Å²) in [6, 6.07) is -0.629. The van der Waals surface area contributed by atoms with Crippen LogP contribution in [0, 0.1) is 11.8 Å². The molecular weight excluding hydrogens is 292 g/mol. The number of rotatable bonds is 8. The Morgan fingerprint density at radius 3 is 2.17 bits per heavy atom. The predicted octanol–water partition coefficient (Wildman–Crippen LogP) is 3.19. The highest BCUT2D eigenvalue weighted by Crippen LogP contribution is 2.22. The van der Waals surface area contributed by atoms with Crippen molar-refractivity contribution in [3.05, 3.63) is 0 Å². The summed E-state index contributed by atoms with van der Waals surface area (Å²) in [5.41, 5.74) is 0. The van der Waals surface area contributed by atoms with E-state index in [1.54, 1.807) is 0 Å². The van der Waals surface area contributed by atoms with Gasteiger partial charge in [-0.3, -0.25) is 9.59 Å². The zero-order valence-corrected chi connectivity index (χ0v) is 15.4. The zero-order chi connectivity index (χ0) is 17.7. The van der Waals surface area contributed by atoms with Crippen molar-refractivity contribution in [1.82, 2.24) is 10.6 Å². The molecule has 5 heteroatoms. The molecular formula is C18H36N2O3. The molecule has 136 valence electrons. The molecule has 3 N–H and O–H groups in total. The zero-order valence-electron chi connectivity index (χ0n) is 15.4. The lowest BCUT2D eigenvalue weighted by molar-refractivity contribution is -0.139. The van der Waals surface area contributed by atoms with Gasteiger partial charge in [-0.15, -0.1) is 0 Å². The second-order valence-electron chi connectivity index (χ2n) is 6.92. The van der Waals surface area contributed by atoms with E-state index in [2.05, 4.69) is 31.4 Å². The normalized spacial score (nSPS) is 16.4. The van der Waals surface area contributed by atoms with Crippen molar-refractivity contribution in [1.29, 1.82) is 0 Å². The second kappa shape index (κ2) is 13.3. The third-order valence-electron chi connectivity index (χ3n) is 4.05. The summed E-state index contributed by atoms with van der Waals surface area (Å²) in [4.78, 5) is 22.1. The van der Waals surface area contributed by atoms with E-state index in [4.69, 9.17) is 5.11 Å². The number of carbonyl (C=O) groups is 2. The Labute approximate surface area is 141 Å². The number of carboxylic acids is 1. The van der Waals surface area contributed by atoms with Crippen LogP contribution in [0.3, 0.4) is 0 Å². The number of hydrogen-bond acceptors (Lipinski definition) is 3. The third kappa shape index (κ3) is 13.1. The molecule has 1 rings (SSSR count). The first-order valence-electron chi connectivity index (χ1n) is 9.09. The van der Waals surface area contributed by atoms with E-state index in [1.807, 2.05) is 6.92 Å². The van der Waals surface area contributed by atoms with Crippen LogP contribution in [0.25, 0.3) is 0 Å². The van der Waals surface area contributed by atoms with E-state index in [0.29, 0.717) is 19.0 Å². The predicted molar refractivity (Wildman–Crippen MR) is 94.4 cm³/mol. The maximum Gasteiger partial charge on any atom is 0.305 e. The largest absolute Gasteiger partial charge is 0.481 e. The van der Waals surface area contributed by atoms with Gasteiger partial charge in [-0.05, 0) is 31.7 Å². The van der Waals surface area contributed by atoms with Crippen LogP contribution in [0.1, 0.15) is 72.6 Å². The summed E-state index contributed by atoms with van der Waals surface area (Å²) in [5.74, 6) is 0.364. The first-order chi connectivity index (χ1) is 10.9. The molecule has 0 unspecified atom stereocenters. The minimum Gasteiger partial charge on any atom is -0.481 e. The van der Waals surface area contributed by atoms with E-state index in [9.17, 15) is 9.59 Å². The van der Waals surface area contributed by atoms with Crippen LogP contribution < -0.4 is 10.6 Å². The highest BCUT2D eigenvalue weighted by Gasteiger charge is 2.20. The topological polar surface area (TPSA) is 78.4 Å². The highest BCUT2D eigenvalue weighted by atomic mass is 16.4. The molecule has 0 aromatic heterocycles. The molecule has 0 heterocycles. The molecule has 1 atom stereocenters. The summed E-state index contributed by atoms with van der Waals surface area (Å²) in [6.07, 6.45) is 8.19. The standard InChI is InChI=1S/C11H22N2O3.C7H14/c1-4-12-11(16)9(7-10(14)15)13-6-5-8(2)3;1-7-5-3-2-4-6-7/h8-9,13H,4-7H2,1-3H3,(H,12,16)(H,14,15);7H,2-6H2,1H3/t9-;/m0./s1. The Morgan fingerprint density at radius 2 is 1.78 bits per heavy atom. The van der Waals surface area contributed by atoms with Gasteiger partial charge in [-0.1, -0.05) is 52.9 Å². The molecule has 5 nitrogen and oxygen atoms in total. The van der Waals surface area contributed by atoms with Gasteiger partial charge in [0.25, 0.3) is 0 Å².